The molecule has 3 nitrogen and oxygen atoms in total. The minimum Gasteiger partial charge on any atom is -0.321 e. The fraction of sp³-hybridized carbons (Fsp3) is 0.562. The lowest BCUT2D eigenvalue weighted by atomic mass is 10.0. The first-order chi connectivity index (χ1) is 9.93. The van der Waals surface area contributed by atoms with Gasteiger partial charge in [0.05, 0.1) is 21.9 Å². The van der Waals surface area contributed by atoms with Crippen molar-refractivity contribution in [3.8, 4) is 0 Å². The predicted molar refractivity (Wildman–Crippen MR) is 91.3 cm³/mol. The van der Waals surface area contributed by atoms with E-state index in [9.17, 15) is 0 Å². The van der Waals surface area contributed by atoms with E-state index in [-0.39, 0.29) is 0 Å². The van der Waals surface area contributed by atoms with E-state index in [1.165, 1.54) is 0 Å². The average Bonchev–Trinajstić information content (AvgIpc) is 2.76. The van der Waals surface area contributed by atoms with Crippen LogP contribution in [0.3, 0.4) is 0 Å². The van der Waals surface area contributed by atoms with Crippen molar-refractivity contribution < 1.29 is 0 Å². The van der Waals surface area contributed by atoms with Gasteiger partial charge in [-0.05, 0) is 38.6 Å². The van der Waals surface area contributed by atoms with Crippen LogP contribution in [-0.4, -0.2) is 35.1 Å². The fourth-order valence-electron chi connectivity index (χ4n) is 2.87. The summed E-state index contributed by atoms with van der Waals surface area (Å²) in [5, 5.41) is 0.740. The second kappa shape index (κ2) is 6.99. The lowest BCUT2D eigenvalue weighted by Gasteiger charge is -2.26. The molecule has 1 atom stereocenters. The first-order valence-electron chi connectivity index (χ1n) is 7.30. The van der Waals surface area contributed by atoms with E-state index in [1.54, 1.807) is 0 Å². The third-order valence-corrected chi connectivity index (χ3v) is 4.08. The Morgan fingerprint density at radius 1 is 1.29 bits per heavy atom. The minimum absolute atomic E-state index is 0.318. The topological polar surface area (TPSA) is 21.1 Å². The first-order valence-corrected chi connectivity index (χ1v) is 8.21. The van der Waals surface area contributed by atoms with Gasteiger partial charge in [0.25, 0.3) is 0 Å². The molecule has 0 spiro atoms. The number of fused-ring (bicyclic) bond motifs is 1. The molecule has 5 heteroatoms. The number of para-hydroxylation sites is 1. The molecule has 2 aromatic rings. The second-order valence-corrected chi connectivity index (χ2v) is 6.86. The molecule has 0 N–H and O–H groups in total. The lowest BCUT2D eigenvalue weighted by Crippen LogP contribution is -2.26. The van der Waals surface area contributed by atoms with Gasteiger partial charge in [-0.15, -0.1) is 11.6 Å². The van der Waals surface area contributed by atoms with Gasteiger partial charge in [-0.25, -0.2) is 4.98 Å². The summed E-state index contributed by atoms with van der Waals surface area (Å²) < 4.78 is 2.24. The quantitative estimate of drug-likeness (QED) is 0.724. The number of halogens is 2. The van der Waals surface area contributed by atoms with E-state index < -0.39 is 0 Å². The van der Waals surface area contributed by atoms with Crippen molar-refractivity contribution >= 4 is 34.2 Å². The van der Waals surface area contributed by atoms with E-state index in [0.29, 0.717) is 17.8 Å². The summed E-state index contributed by atoms with van der Waals surface area (Å²) in [4.78, 5) is 6.86. The van der Waals surface area contributed by atoms with Crippen molar-refractivity contribution in [2.75, 3.05) is 20.6 Å². The van der Waals surface area contributed by atoms with E-state index in [1.807, 2.05) is 18.2 Å². The molecular weight excluding hydrogens is 305 g/mol. The number of rotatable bonds is 6. The Hall–Kier alpha value is -0.770. The Kier molecular flexibility index (Phi) is 5.53. The molecule has 2 rings (SSSR count). The van der Waals surface area contributed by atoms with Crippen molar-refractivity contribution in [3.05, 3.63) is 29.0 Å². The summed E-state index contributed by atoms with van der Waals surface area (Å²) in [7, 11) is 4.18. The average molecular weight is 328 g/mol. The molecule has 0 fully saturated rings. The van der Waals surface area contributed by atoms with Crippen LogP contribution in [0, 0.1) is 5.92 Å². The fourth-order valence-corrected chi connectivity index (χ4v) is 3.32. The Bertz CT molecular complexity index is 595. The number of hydrogen-bond donors (Lipinski definition) is 0. The van der Waals surface area contributed by atoms with Crippen molar-refractivity contribution in [1.29, 1.82) is 0 Å². The van der Waals surface area contributed by atoms with Gasteiger partial charge < -0.3 is 9.47 Å². The molecule has 0 aliphatic rings. The van der Waals surface area contributed by atoms with E-state index in [2.05, 4.69) is 42.4 Å². The number of alkyl halides is 1. The van der Waals surface area contributed by atoms with Gasteiger partial charge in [0, 0.05) is 12.6 Å². The maximum atomic E-state index is 6.43. The molecule has 0 amide bonds. The van der Waals surface area contributed by atoms with Gasteiger partial charge in [-0.1, -0.05) is 31.5 Å². The number of nitrogens with zero attached hydrogens (tertiary/aromatic N) is 3. The number of likely N-dealkylation sites (N-methyl/N-ethyl adjacent to an activating group) is 1. The zero-order chi connectivity index (χ0) is 15.6. The first kappa shape index (κ1) is 16.6. The Labute approximate surface area is 136 Å². The molecule has 116 valence electrons. The molecule has 0 saturated heterocycles. The van der Waals surface area contributed by atoms with Gasteiger partial charge in [0.2, 0.25) is 0 Å². The van der Waals surface area contributed by atoms with E-state index >= 15 is 0 Å². The SMILES string of the molecule is CC(C)CC(CN(C)C)n1c(CCl)nc2cccc(Cl)c21. The van der Waals surface area contributed by atoms with Crippen LogP contribution in [0.25, 0.3) is 11.0 Å². The molecule has 1 heterocycles. The second-order valence-electron chi connectivity index (χ2n) is 6.18. The number of hydrogen-bond acceptors (Lipinski definition) is 2. The Balaban J connectivity index is 2.59. The summed E-state index contributed by atoms with van der Waals surface area (Å²) in [5.74, 6) is 1.89. The molecule has 0 radical (unpaired) electrons. The molecule has 0 aliphatic heterocycles. The van der Waals surface area contributed by atoms with Crippen molar-refractivity contribution in [1.82, 2.24) is 14.5 Å². The van der Waals surface area contributed by atoms with Crippen LogP contribution in [0.15, 0.2) is 18.2 Å². The highest BCUT2D eigenvalue weighted by Gasteiger charge is 2.22. The standard InChI is InChI=1S/C16H23Cl2N3/c1-11(2)8-12(10-20(3)4)21-15(9-17)19-14-7-5-6-13(18)16(14)21/h5-7,11-12H,8-10H2,1-4H3. The van der Waals surface area contributed by atoms with Crippen LogP contribution in [-0.2, 0) is 5.88 Å². The summed E-state index contributed by atoms with van der Waals surface area (Å²) >= 11 is 12.6. The van der Waals surface area contributed by atoms with E-state index in [4.69, 9.17) is 23.2 Å². The van der Waals surface area contributed by atoms with Crippen LogP contribution < -0.4 is 0 Å². The van der Waals surface area contributed by atoms with Crippen LogP contribution in [0.2, 0.25) is 5.02 Å². The molecular formula is C16H23Cl2N3. The Morgan fingerprint density at radius 3 is 2.57 bits per heavy atom. The third kappa shape index (κ3) is 3.71. The normalized spacial score (nSPS) is 13.5. The molecule has 0 bridgehead atoms. The molecule has 1 aromatic carbocycles. The zero-order valence-corrected chi connectivity index (χ0v) is 14.6. The molecule has 0 saturated carbocycles. The van der Waals surface area contributed by atoms with Gasteiger partial charge in [-0.3, -0.25) is 0 Å². The van der Waals surface area contributed by atoms with Gasteiger partial charge in [0.1, 0.15) is 5.82 Å². The Morgan fingerprint density at radius 2 is 2.00 bits per heavy atom. The number of imidazole rings is 1. The van der Waals surface area contributed by atoms with E-state index in [0.717, 1.165) is 34.8 Å². The third-order valence-electron chi connectivity index (χ3n) is 3.54. The van der Waals surface area contributed by atoms with Crippen molar-refractivity contribution in [2.24, 2.45) is 5.92 Å². The zero-order valence-electron chi connectivity index (χ0n) is 13.1. The van der Waals surface area contributed by atoms with Crippen LogP contribution in [0.4, 0.5) is 0 Å². The maximum absolute atomic E-state index is 6.43. The van der Waals surface area contributed by atoms with Crippen LogP contribution >= 0.6 is 23.2 Å². The minimum atomic E-state index is 0.318. The van der Waals surface area contributed by atoms with Gasteiger partial charge >= 0.3 is 0 Å². The van der Waals surface area contributed by atoms with Gasteiger partial charge in [0.15, 0.2) is 0 Å². The monoisotopic (exact) mass is 327 g/mol. The lowest BCUT2D eigenvalue weighted by molar-refractivity contribution is 0.289. The van der Waals surface area contributed by atoms with Crippen molar-refractivity contribution in [3.63, 3.8) is 0 Å². The number of aromatic nitrogens is 2. The van der Waals surface area contributed by atoms with Crippen LogP contribution in [0.5, 0.6) is 0 Å². The van der Waals surface area contributed by atoms with Crippen molar-refractivity contribution in [2.45, 2.75) is 32.2 Å². The summed E-state index contributed by atoms with van der Waals surface area (Å²) in [6, 6.07) is 6.17. The molecule has 0 aliphatic carbocycles. The maximum Gasteiger partial charge on any atom is 0.125 e. The summed E-state index contributed by atoms with van der Waals surface area (Å²) in [6.45, 7) is 5.42. The van der Waals surface area contributed by atoms with Crippen LogP contribution in [0.1, 0.15) is 32.1 Å². The van der Waals surface area contributed by atoms with Gasteiger partial charge in [-0.2, -0.15) is 0 Å². The molecule has 1 unspecified atom stereocenters. The molecule has 21 heavy (non-hydrogen) atoms. The summed E-state index contributed by atoms with van der Waals surface area (Å²) in [5.41, 5.74) is 1.92. The highest BCUT2D eigenvalue weighted by molar-refractivity contribution is 6.35. The largest absolute Gasteiger partial charge is 0.321 e. The number of benzene rings is 1. The predicted octanol–water partition coefficient (Wildman–Crippen LogP) is 4.58. The summed E-state index contributed by atoms with van der Waals surface area (Å²) in [6.07, 6.45) is 1.07. The molecule has 1 aromatic heterocycles. The smallest absolute Gasteiger partial charge is 0.125 e. The highest BCUT2D eigenvalue weighted by Crippen LogP contribution is 2.31. The highest BCUT2D eigenvalue weighted by atomic mass is 35.5.